The summed E-state index contributed by atoms with van der Waals surface area (Å²) in [6, 6.07) is 6.04. The van der Waals surface area contributed by atoms with Crippen LogP contribution in [0, 0.1) is 6.92 Å². The van der Waals surface area contributed by atoms with E-state index < -0.39 is 0 Å². The van der Waals surface area contributed by atoms with Crippen LogP contribution in [0.25, 0.3) is 0 Å². The van der Waals surface area contributed by atoms with Gasteiger partial charge < -0.3 is 5.73 Å². The van der Waals surface area contributed by atoms with Crippen LogP contribution in [0.3, 0.4) is 0 Å². The van der Waals surface area contributed by atoms with Crippen molar-refractivity contribution >= 4 is 28.8 Å². The third-order valence-corrected chi connectivity index (χ3v) is 4.35. The van der Waals surface area contributed by atoms with Crippen molar-refractivity contribution in [1.82, 2.24) is 4.98 Å². The number of benzene rings is 1. The molecule has 78 valence electrons. The molecule has 0 radical (unpaired) electrons. The number of hydrogen-bond acceptors (Lipinski definition) is 4. The maximum atomic E-state index is 5.85. The van der Waals surface area contributed by atoms with Crippen LogP contribution in [0.5, 0.6) is 0 Å². The van der Waals surface area contributed by atoms with Crippen LogP contribution < -0.4 is 5.73 Å². The lowest BCUT2D eigenvalue weighted by molar-refractivity contribution is 1.29. The lowest BCUT2D eigenvalue weighted by Gasteiger charge is -2.06. The van der Waals surface area contributed by atoms with Crippen molar-refractivity contribution in [3.63, 3.8) is 0 Å². The molecule has 2 aromatic rings. The highest BCUT2D eigenvalue weighted by Crippen LogP contribution is 2.29. The Morgan fingerprint density at radius 3 is 3.07 bits per heavy atom. The Morgan fingerprint density at radius 2 is 2.33 bits per heavy atom. The molecule has 0 amide bonds. The van der Waals surface area contributed by atoms with Crippen LogP contribution in [0.4, 0.5) is 5.69 Å². The first-order chi connectivity index (χ1) is 7.27. The molecular weight excluding hydrogens is 224 g/mol. The van der Waals surface area contributed by atoms with Gasteiger partial charge in [-0.25, -0.2) is 0 Å². The molecule has 0 atom stereocenters. The van der Waals surface area contributed by atoms with Crippen molar-refractivity contribution in [3.8, 4) is 0 Å². The molecule has 0 fully saturated rings. The summed E-state index contributed by atoms with van der Waals surface area (Å²) in [6.45, 7) is 2.06. The number of nitrogen functional groups attached to an aromatic ring is 1. The average Bonchev–Trinajstić information content (AvgIpc) is 2.73. The summed E-state index contributed by atoms with van der Waals surface area (Å²) < 4.78 is 0. The Hall–Kier alpha value is -1.00. The van der Waals surface area contributed by atoms with E-state index in [1.807, 2.05) is 35.6 Å². The van der Waals surface area contributed by atoms with Gasteiger partial charge in [-0.2, -0.15) is 0 Å². The van der Waals surface area contributed by atoms with Gasteiger partial charge in [0.05, 0.1) is 5.51 Å². The predicted octanol–water partition coefficient (Wildman–Crippen LogP) is 3.33. The highest BCUT2D eigenvalue weighted by Gasteiger charge is 2.02. The largest absolute Gasteiger partial charge is 0.398 e. The number of hydrogen-bond donors (Lipinski definition) is 1. The summed E-state index contributed by atoms with van der Waals surface area (Å²) >= 11 is 3.50. The van der Waals surface area contributed by atoms with Gasteiger partial charge in [0.2, 0.25) is 0 Å². The summed E-state index contributed by atoms with van der Waals surface area (Å²) in [4.78, 5) is 6.60. The molecule has 1 aromatic carbocycles. The molecule has 0 saturated carbocycles. The Balaban J connectivity index is 2.08. The minimum absolute atomic E-state index is 0.865. The Labute approximate surface area is 97.5 Å². The second-order valence-corrected chi connectivity index (χ2v) is 5.21. The second-order valence-electron chi connectivity index (χ2n) is 3.23. The molecule has 2 N–H and O–H groups in total. The quantitative estimate of drug-likeness (QED) is 0.656. The molecule has 0 saturated heterocycles. The van der Waals surface area contributed by atoms with Crippen molar-refractivity contribution < 1.29 is 0 Å². The first kappa shape index (κ1) is 10.5. The lowest BCUT2D eigenvalue weighted by atomic mass is 10.2. The fraction of sp³-hybridized carbons (Fsp3) is 0.182. The average molecular weight is 236 g/mol. The number of rotatable bonds is 3. The van der Waals surface area contributed by atoms with Crippen LogP contribution >= 0.6 is 23.1 Å². The fourth-order valence-corrected chi connectivity index (χ4v) is 2.96. The van der Waals surface area contributed by atoms with E-state index in [2.05, 4.69) is 18.0 Å². The summed E-state index contributed by atoms with van der Waals surface area (Å²) in [5.74, 6) is 0.967. The van der Waals surface area contributed by atoms with Crippen molar-refractivity contribution in [2.75, 3.05) is 5.73 Å². The highest BCUT2D eigenvalue weighted by atomic mass is 32.2. The molecule has 0 unspecified atom stereocenters. The fourth-order valence-electron chi connectivity index (χ4n) is 1.25. The SMILES string of the molecule is Cc1c(N)cccc1SCc1cncs1. The van der Waals surface area contributed by atoms with E-state index in [-0.39, 0.29) is 0 Å². The number of aromatic nitrogens is 1. The van der Waals surface area contributed by atoms with Gasteiger partial charge in [0.25, 0.3) is 0 Å². The van der Waals surface area contributed by atoms with Crippen molar-refractivity contribution in [1.29, 1.82) is 0 Å². The number of nitrogens with two attached hydrogens (primary N) is 1. The Morgan fingerprint density at radius 1 is 1.47 bits per heavy atom. The van der Waals surface area contributed by atoms with Crippen molar-refractivity contribution in [2.45, 2.75) is 17.6 Å². The monoisotopic (exact) mass is 236 g/mol. The van der Waals surface area contributed by atoms with Gasteiger partial charge in [0, 0.05) is 27.4 Å². The molecule has 2 nitrogen and oxygen atoms in total. The van der Waals surface area contributed by atoms with E-state index in [1.165, 1.54) is 15.3 Å². The van der Waals surface area contributed by atoms with Crippen LogP contribution in [0.1, 0.15) is 10.4 Å². The third kappa shape index (κ3) is 2.52. The molecular formula is C11H12N2S2. The zero-order valence-electron chi connectivity index (χ0n) is 8.43. The number of nitrogens with zero attached hydrogens (tertiary/aromatic N) is 1. The molecule has 4 heteroatoms. The molecule has 0 aliphatic rings. The first-order valence-electron chi connectivity index (χ1n) is 4.62. The zero-order chi connectivity index (χ0) is 10.7. The molecule has 1 heterocycles. The highest BCUT2D eigenvalue weighted by molar-refractivity contribution is 7.98. The molecule has 1 aromatic heterocycles. The minimum atomic E-state index is 0.865. The smallest absolute Gasteiger partial charge is 0.0794 e. The van der Waals surface area contributed by atoms with E-state index in [4.69, 9.17) is 5.73 Å². The maximum absolute atomic E-state index is 5.85. The normalized spacial score (nSPS) is 10.5. The van der Waals surface area contributed by atoms with Crippen LogP contribution in [-0.4, -0.2) is 4.98 Å². The van der Waals surface area contributed by atoms with E-state index in [0.717, 1.165) is 11.4 Å². The van der Waals surface area contributed by atoms with E-state index in [1.54, 1.807) is 11.3 Å². The van der Waals surface area contributed by atoms with Gasteiger partial charge in [-0.15, -0.1) is 23.1 Å². The van der Waals surface area contributed by atoms with E-state index >= 15 is 0 Å². The third-order valence-electron chi connectivity index (χ3n) is 2.18. The molecule has 2 rings (SSSR count). The number of thioether (sulfide) groups is 1. The molecule has 15 heavy (non-hydrogen) atoms. The summed E-state index contributed by atoms with van der Waals surface area (Å²) in [5, 5.41) is 0. The molecule has 0 aliphatic heterocycles. The van der Waals surface area contributed by atoms with Crippen LogP contribution in [-0.2, 0) is 5.75 Å². The standard InChI is InChI=1S/C11H12N2S2/c1-8-10(12)3-2-4-11(8)14-6-9-5-13-7-15-9/h2-5,7H,6,12H2,1H3. The number of thiazole rings is 1. The van der Waals surface area contributed by atoms with Gasteiger partial charge in [-0.05, 0) is 24.6 Å². The predicted molar refractivity (Wildman–Crippen MR) is 67.3 cm³/mol. The maximum Gasteiger partial charge on any atom is 0.0794 e. The van der Waals surface area contributed by atoms with Gasteiger partial charge in [-0.3, -0.25) is 4.98 Å². The second kappa shape index (κ2) is 4.68. The van der Waals surface area contributed by atoms with Crippen LogP contribution in [0.15, 0.2) is 34.8 Å². The van der Waals surface area contributed by atoms with Gasteiger partial charge >= 0.3 is 0 Å². The summed E-state index contributed by atoms with van der Waals surface area (Å²) in [7, 11) is 0. The van der Waals surface area contributed by atoms with E-state index in [9.17, 15) is 0 Å². The number of anilines is 1. The zero-order valence-corrected chi connectivity index (χ0v) is 10.1. The topological polar surface area (TPSA) is 38.9 Å². The summed E-state index contributed by atoms with van der Waals surface area (Å²) in [6.07, 6.45) is 1.92. The van der Waals surface area contributed by atoms with Gasteiger partial charge in [0.15, 0.2) is 0 Å². The molecule has 0 aliphatic carbocycles. The molecule has 0 spiro atoms. The summed E-state index contributed by atoms with van der Waals surface area (Å²) in [5.41, 5.74) is 9.75. The van der Waals surface area contributed by atoms with Gasteiger partial charge in [-0.1, -0.05) is 6.07 Å². The lowest BCUT2D eigenvalue weighted by Crippen LogP contribution is -1.90. The van der Waals surface area contributed by atoms with Crippen LogP contribution in [0.2, 0.25) is 0 Å². The van der Waals surface area contributed by atoms with Crippen molar-refractivity contribution in [2.24, 2.45) is 0 Å². The Bertz CT molecular complexity index is 438. The van der Waals surface area contributed by atoms with Crippen molar-refractivity contribution in [3.05, 3.63) is 40.3 Å². The minimum Gasteiger partial charge on any atom is -0.398 e. The van der Waals surface area contributed by atoms with E-state index in [0.29, 0.717) is 0 Å². The Kier molecular flexibility index (Phi) is 3.28. The van der Waals surface area contributed by atoms with Gasteiger partial charge in [0.1, 0.15) is 0 Å². The molecule has 0 bridgehead atoms. The first-order valence-corrected chi connectivity index (χ1v) is 6.49.